The van der Waals surface area contributed by atoms with E-state index in [1.54, 1.807) is 0 Å². The Kier molecular flexibility index (Phi) is 19.9. The second-order valence-corrected chi connectivity index (χ2v) is 35.6. The predicted molar refractivity (Wildman–Crippen MR) is 579 cm³/mol. The number of para-hydroxylation sites is 12. The molecular weight excluding hydrogens is 1670 g/mol. The van der Waals surface area contributed by atoms with Gasteiger partial charge < -0.3 is 27.8 Å². The summed E-state index contributed by atoms with van der Waals surface area (Å²) in [6.45, 7) is 0. The second kappa shape index (κ2) is 34.0. The Labute approximate surface area is 799 Å². The highest BCUT2D eigenvalue weighted by Gasteiger charge is 2.28. The first kappa shape index (κ1) is 80.5. The molecule has 0 N–H and O–H groups in total. The molecule has 0 unspecified atom stereocenters. The molecule has 0 spiro atoms. The van der Waals surface area contributed by atoms with E-state index in [2.05, 4.69) is 529 Å². The van der Waals surface area contributed by atoms with Crippen molar-refractivity contribution in [2.24, 2.45) is 0 Å². The highest BCUT2D eigenvalue weighted by atomic mass is 16.3. The molecule has 0 aliphatic heterocycles. The zero-order valence-corrected chi connectivity index (χ0v) is 75.3. The van der Waals surface area contributed by atoms with Crippen molar-refractivity contribution in [2.45, 2.75) is 0 Å². The van der Waals surface area contributed by atoms with Crippen LogP contribution in [0.2, 0.25) is 0 Å². The molecule has 0 bridgehead atoms. The van der Waals surface area contributed by atoms with Crippen LogP contribution in [0.15, 0.2) is 531 Å². The Hall–Kier alpha value is -18.4. The van der Waals surface area contributed by atoms with E-state index in [4.69, 9.17) is 8.83 Å². The molecule has 4 aromatic heterocycles. The van der Waals surface area contributed by atoms with Crippen LogP contribution in [0.3, 0.4) is 0 Å². The summed E-state index contributed by atoms with van der Waals surface area (Å²) in [4.78, 5) is 4.89. The van der Waals surface area contributed by atoms with Crippen LogP contribution in [0.25, 0.3) is 221 Å². The van der Waals surface area contributed by atoms with Crippen LogP contribution >= 0.6 is 0 Å². The summed E-state index contributed by atoms with van der Waals surface area (Å²) in [5, 5.41) is 9.27. The quantitative estimate of drug-likeness (QED) is 0.0809. The number of rotatable bonds is 19. The van der Waals surface area contributed by atoms with Crippen LogP contribution < -0.4 is 9.80 Å². The van der Waals surface area contributed by atoms with Gasteiger partial charge in [-0.1, -0.05) is 413 Å². The number of furan rings is 2. The van der Waals surface area contributed by atoms with Crippen molar-refractivity contribution >= 4 is 122 Å². The number of aromatic nitrogens is 2. The van der Waals surface area contributed by atoms with Crippen LogP contribution in [-0.2, 0) is 0 Å². The van der Waals surface area contributed by atoms with Crippen LogP contribution in [-0.4, -0.2) is 9.13 Å². The van der Waals surface area contributed by atoms with Crippen molar-refractivity contribution in [3.8, 4) is 134 Å². The molecule has 6 nitrogen and oxygen atoms in total. The average Bonchev–Trinajstić information content (AvgIpc) is 1.60. The smallest absolute Gasteiger partial charge is 0.143 e. The largest absolute Gasteiger partial charge is 0.455 e. The zero-order valence-electron chi connectivity index (χ0n) is 75.3. The Bertz CT molecular complexity index is 9090. The molecule has 138 heavy (non-hydrogen) atoms. The van der Waals surface area contributed by atoms with Crippen molar-refractivity contribution in [1.29, 1.82) is 0 Å². The van der Waals surface area contributed by atoms with Gasteiger partial charge in [0.15, 0.2) is 0 Å². The fourth-order valence-corrected chi connectivity index (χ4v) is 21.4. The van der Waals surface area contributed by atoms with Gasteiger partial charge in [0.2, 0.25) is 0 Å². The van der Waals surface area contributed by atoms with Crippen LogP contribution in [0.5, 0.6) is 0 Å². The van der Waals surface area contributed by atoms with Gasteiger partial charge in [0.05, 0.1) is 50.5 Å². The first-order chi connectivity index (χ1) is 68.5. The summed E-state index contributed by atoms with van der Waals surface area (Å²) in [6, 6.07) is 190. The Morgan fingerprint density at radius 2 is 0.413 bits per heavy atom. The molecule has 0 amide bonds. The van der Waals surface area contributed by atoms with Crippen LogP contribution in [0, 0.1) is 0 Å². The summed E-state index contributed by atoms with van der Waals surface area (Å²) in [5.74, 6) is 0. The molecule has 4 heterocycles. The first-order valence-electron chi connectivity index (χ1n) is 47.2. The Balaban J connectivity index is 0.558. The van der Waals surface area contributed by atoms with E-state index in [1.807, 2.05) is 12.1 Å². The predicted octanol–water partition coefficient (Wildman–Crippen LogP) is 37.0. The maximum absolute atomic E-state index is 6.66. The molecule has 22 aromatic carbocycles. The topological polar surface area (TPSA) is 42.6 Å². The van der Waals surface area contributed by atoms with Crippen molar-refractivity contribution in [2.75, 3.05) is 9.80 Å². The maximum atomic E-state index is 6.66. The number of anilines is 6. The Morgan fingerprint density at radius 3 is 0.884 bits per heavy atom. The van der Waals surface area contributed by atoms with Gasteiger partial charge in [-0.15, -0.1) is 0 Å². The van der Waals surface area contributed by atoms with Crippen LogP contribution in [0.4, 0.5) is 34.1 Å². The lowest BCUT2D eigenvalue weighted by atomic mass is 9.90. The zero-order chi connectivity index (χ0) is 91.1. The van der Waals surface area contributed by atoms with E-state index >= 15 is 0 Å². The highest BCUT2D eigenvalue weighted by Crippen LogP contribution is 2.53. The third-order valence-corrected chi connectivity index (χ3v) is 27.9. The molecule has 0 aliphatic rings. The molecule has 0 fully saturated rings. The lowest BCUT2D eigenvalue weighted by Gasteiger charge is -2.30. The average molecular weight is 1760 g/mol. The first-order valence-corrected chi connectivity index (χ1v) is 47.2. The van der Waals surface area contributed by atoms with E-state index in [-0.39, 0.29) is 0 Å². The van der Waals surface area contributed by atoms with Crippen molar-refractivity contribution in [3.63, 3.8) is 0 Å². The number of hydrogen-bond donors (Lipinski definition) is 0. The van der Waals surface area contributed by atoms with E-state index in [0.29, 0.717) is 0 Å². The minimum atomic E-state index is 0.877. The number of nitrogens with zero attached hydrogens (tertiary/aromatic N) is 4. The van der Waals surface area contributed by atoms with Crippen molar-refractivity contribution in [1.82, 2.24) is 9.13 Å². The van der Waals surface area contributed by atoms with E-state index in [0.717, 1.165) is 212 Å². The Morgan fingerprint density at radius 1 is 0.145 bits per heavy atom. The molecule has 26 aromatic rings. The molecule has 0 radical (unpaired) electrons. The summed E-state index contributed by atoms with van der Waals surface area (Å²) < 4.78 is 18.2. The van der Waals surface area contributed by atoms with Gasteiger partial charge in [-0.25, -0.2) is 0 Å². The minimum absolute atomic E-state index is 0.877. The fraction of sp³-hybridized carbons (Fsp3) is 0. The highest BCUT2D eigenvalue weighted by molar-refractivity contribution is 6.15. The lowest BCUT2D eigenvalue weighted by molar-refractivity contribution is 0.669. The minimum Gasteiger partial charge on any atom is -0.455 e. The molecule has 0 atom stereocenters. The van der Waals surface area contributed by atoms with E-state index in [1.165, 1.54) is 43.7 Å². The van der Waals surface area contributed by atoms with Gasteiger partial charge in [0.25, 0.3) is 0 Å². The monoisotopic (exact) mass is 1760 g/mol. The molecule has 6 heteroatoms. The fourth-order valence-electron chi connectivity index (χ4n) is 21.4. The van der Waals surface area contributed by atoms with Gasteiger partial charge in [0, 0.05) is 99.1 Å². The number of fused-ring (bicyclic) bond motifs is 12. The molecular formula is C132H86N4O2. The van der Waals surface area contributed by atoms with E-state index in [9.17, 15) is 0 Å². The second-order valence-electron chi connectivity index (χ2n) is 35.6. The SMILES string of the molecule is c1ccc(-c2ccc(-c3ccccc3N(c3ccc(-c4cccc5c4oc4ccccc45)cc3)c3ccccc3-c3ccccc3-c3ccc(-c4ccc(-c5cccc(-c6ccc(N(c7ccc(-c8cccc9c8oc8ccccc89)cc7)c7ccccc7-c7ccccc7-c7ccccc7-n7c8ccccc8c8ccccc87)cc6)c5)cc4)cc3-n3c4ccccc4c4ccccc43)cc2)cc1. The van der Waals surface area contributed by atoms with Gasteiger partial charge in [0.1, 0.15) is 22.3 Å². The number of benzene rings is 22. The summed E-state index contributed by atoms with van der Waals surface area (Å²) in [7, 11) is 0. The molecule has 26 rings (SSSR count). The normalized spacial score (nSPS) is 11.6. The van der Waals surface area contributed by atoms with Crippen molar-refractivity contribution in [3.05, 3.63) is 522 Å². The molecule has 0 aliphatic carbocycles. The molecule has 0 saturated carbocycles. The van der Waals surface area contributed by atoms with Gasteiger partial charge in [-0.05, 0) is 193 Å². The van der Waals surface area contributed by atoms with Crippen molar-refractivity contribution < 1.29 is 8.83 Å². The summed E-state index contributed by atoms with van der Waals surface area (Å²) in [5.41, 5.74) is 40.9. The lowest BCUT2D eigenvalue weighted by Crippen LogP contribution is -2.12. The van der Waals surface area contributed by atoms with E-state index < -0.39 is 0 Å². The maximum Gasteiger partial charge on any atom is 0.143 e. The number of hydrogen-bond acceptors (Lipinski definition) is 4. The third kappa shape index (κ3) is 14.0. The molecule has 646 valence electrons. The summed E-state index contributed by atoms with van der Waals surface area (Å²) >= 11 is 0. The van der Waals surface area contributed by atoms with Crippen LogP contribution in [0.1, 0.15) is 0 Å². The third-order valence-electron chi connectivity index (χ3n) is 27.9. The summed E-state index contributed by atoms with van der Waals surface area (Å²) in [6.07, 6.45) is 0. The standard InChI is InChI=1S/C132H86N4O2/c1-2-31-87(32-3-1)88-67-69-92(70-68-88)101-35-8-18-53-120(101)134(100-82-75-94(76-83-100)103-50-30-52-119-117-48-17-27-62-130(117)138-132(103)119)122-55-20-10-41-109(122)106-38-6-7-39-107(106)115-84-77-97(86-128(115)136-126-59-24-14-45-113(126)114-46-15-25-60-127(114)136)90-65-63-89(64-66-90)95-33-28-34-96(85-95)91-71-78-98(79-72-91)133(99-80-73-93(74-81-99)102-49-29-51-118-116-47-16-26-61-129(116)137-131(102)118)121-54-19-9-40-108(121)104-36-4-5-37-105(104)110-42-11-21-56-123(110)135-124-57-22-12-43-111(124)112-44-13-23-58-125(112)135/h1-86H. The molecule has 0 saturated heterocycles. The van der Waals surface area contributed by atoms with Gasteiger partial charge in [-0.2, -0.15) is 0 Å². The van der Waals surface area contributed by atoms with Gasteiger partial charge >= 0.3 is 0 Å². The van der Waals surface area contributed by atoms with Gasteiger partial charge in [-0.3, -0.25) is 0 Å².